The van der Waals surface area contributed by atoms with E-state index in [2.05, 4.69) is 25.4 Å². The highest BCUT2D eigenvalue weighted by molar-refractivity contribution is 6.05. The third kappa shape index (κ3) is 6.76. The third-order valence-corrected chi connectivity index (χ3v) is 7.67. The van der Waals surface area contributed by atoms with Crippen molar-refractivity contribution in [1.29, 1.82) is 0 Å². The fourth-order valence-electron chi connectivity index (χ4n) is 5.38. The summed E-state index contributed by atoms with van der Waals surface area (Å²) in [6, 6.07) is 16.4. The average Bonchev–Trinajstić information content (AvgIpc) is 3.48. The molecular weight excluding hydrogens is 553 g/mol. The van der Waals surface area contributed by atoms with Crippen LogP contribution >= 0.6 is 0 Å². The zero-order valence-electron chi connectivity index (χ0n) is 23.7. The van der Waals surface area contributed by atoms with Gasteiger partial charge in [-0.3, -0.25) is 19.7 Å². The number of carbonyl (C=O) groups is 1. The molecule has 6 rings (SSSR count). The van der Waals surface area contributed by atoms with E-state index in [9.17, 15) is 18.0 Å². The van der Waals surface area contributed by atoms with E-state index in [1.165, 1.54) is 6.07 Å². The van der Waals surface area contributed by atoms with Crippen LogP contribution in [0.1, 0.15) is 32.7 Å². The van der Waals surface area contributed by atoms with Gasteiger partial charge in [0.1, 0.15) is 0 Å². The SMILES string of the molecule is CN1CCN(Cc2cc(NC(=O)c3cccc(Nc4cc(-c5cccnc5)nc5c4C=CC5)c3)cc(C(F)(F)F)c2)CC1. The van der Waals surface area contributed by atoms with Crippen LogP contribution in [0.25, 0.3) is 17.3 Å². The van der Waals surface area contributed by atoms with Gasteiger partial charge >= 0.3 is 6.18 Å². The Kier molecular flexibility index (Phi) is 7.96. The molecule has 0 atom stereocenters. The number of pyridine rings is 2. The zero-order chi connectivity index (χ0) is 30.0. The molecule has 1 aliphatic heterocycles. The number of alkyl halides is 3. The number of benzene rings is 2. The standard InChI is InChI=1S/C33H31F3N6O/c1-41-11-13-42(14-12-41)21-22-15-25(33(34,35)36)18-27(16-22)39-32(43)23-5-2-7-26(17-23)38-31-19-30(24-6-4-10-37-20-24)40-29-9-3-8-28(29)31/h2-8,10,15-20H,9,11-14,21H2,1H3,(H,38,40)(H,39,43). The van der Waals surface area contributed by atoms with E-state index in [4.69, 9.17) is 4.98 Å². The summed E-state index contributed by atoms with van der Waals surface area (Å²) in [6.07, 6.45) is 3.72. The van der Waals surface area contributed by atoms with Gasteiger partial charge in [-0.05, 0) is 67.2 Å². The van der Waals surface area contributed by atoms with E-state index in [0.29, 0.717) is 29.8 Å². The maximum Gasteiger partial charge on any atom is 0.416 e. The highest BCUT2D eigenvalue weighted by Crippen LogP contribution is 2.34. The van der Waals surface area contributed by atoms with Gasteiger partial charge in [0, 0.05) is 85.3 Å². The Morgan fingerprint density at radius 3 is 2.58 bits per heavy atom. The Morgan fingerprint density at radius 2 is 1.81 bits per heavy atom. The van der Waals surface area contributed by atoms with E-state index in [1.54, 1.807) is 36.7 Å². The van der Waals surface area contributed by atoms with Crippen LogP contribution in [0.15, 0.2) is 79.1 Å². The van der Waals surface area contributed by atoms with Crippen LogP contribution in [0.3, 0.4) is 0 Å². The number of hydrogen-bond acceptors (Lipinski definition) is 6. The van der Waals surface area contributed by atoms with E-state index in [0.717, 1.165) is 60.4 Å². The molecule has 2 aromatic heterocycles. The maximum absolute atomic E-state index is 13.8. The van der Waals surface area contributed by atoms with E-state index >= 15 is 0 Å². The van der Waals surface area contributed by atoms with Crippen molar-refractivity contribution >= 4 is 29.0 Å². The summed E-state index contributed by atoms with van der Waals surface area (Å²) in [5.74, 6) is -0.496. The first-order valence-electron chi connectivity index (χ1n) is 14.1. The number of likely N-dealkylation sites (N-methyl/N-ethyl adjacent to an activating group) is 1. The van der Waals surface area contributed by atoms with Crippen molar-refractivity contribution < 1.29 is 18.0 Å². The number of halogens is 3. The number of aromatic nitrogens is 2. The largest absolute Gasteiger partial charge is 0.416 e. The number of allylic oxidation sites excluding steroid dienone is 1. The summed E-state index contributed by atoms with van der Waals surface area (Å²) >= 11 is 0. The third-order valence-electron chi connectivity index (χ3n) is 7.67. The quantitative estimate of drug-likeness (QED) is 0.259. The van der Waals surface area contributed by atoms with Gasteiger partial charge in [-0.15, -0.1) is 0 Å². The van der Waals surface area contributed by atoms with Crippen molar-refractivity contribution in [1.82, 2.24) is 19.8 Å². The number of hydrogen-bond donors (Lipinski definition) is 2. The molecule has 1 fully saturated rings. The number of nitrogens with zero attached hydrogens (tertiary/aromatic N) is 4. The fourth-order valence-corrected chi connectivity index (χ4v) is 5.38. The number of amides is 1. The number of rotatable bonds is 7. The number of fused-ring (bicyclic) bond motifs is 1. The van der Waals surface area contributed by atoms with Gasteiger partial charge in [0.15, 0.2) is 0 Å². The second-order valence-corrected chi connectivity index (χ2v) is 10.9. The fraction of sp³-hybridized carbons (Fsp3) is 0.242. The first-order valence-corrected chi connectivity index (χ1v) is 14.1. The van der Waals surface area contributed by atoms with Crippen LogP contribution in [0.5, 0.6) is 0 Å². The predicted molar refractivity (Wildman–Crippen MR) is 162 cm³/mol. The second kappa shape index (κ2) is 12.0. The molecule has 1 amide bonds. The number of nitrogens with one attached hydrogen (secondary N) is 2. The molecule has 0 bridgehead atoms. The van der Waals surface area contributed by atoms with Crippen LogP contribution in [-0.2, 0) is 19.1 Å². The summed E-state index contributed by atoms with van der Waals surface area (Å²) in [7, 11) is 2.03. The van der Waals surface area contributed by atoms with Crippen LogP contribution < -0.4 is 10.6 Å². The zero-order valence-corrected chi connectivity index (χ0v) is 23.7. The monoisotopic (exact) mass is 584 g/mol. The molecule has 43 heavy (non-hydrogen) atoms. The lowest BCUT2D eigenvalue weighted by molar-refractivity contribution is -0.137. The summed E-state index contributed by atoms with van der Waals surface area (Å²) < 4.78 is 41.3. The molecule has 2 N–H and O–H groups in total. The Morgan fingerprint density at radius 1 is 0.977 bits per heavy atom. The lowest BCUT2D eigenvalue weighted by Crippen LogP contribution is -2.43. The molecule has 0 spiro atoms. The summed E-state index contributed by atoms with van der Waals surface area (Å²) in [6.45, 7) is 3.64. The lowest BCUT2D eigenvalue weighted by Gasteiger charge is -2.32. The van der Waals surface area contributed by atoms with Crippen molar-refractivity contribution in [2.45, 2.75) is 19.1 Å². The minimum absolute atomic E-state index is 0.112. The van der Waals surface area contributed by atoms with Crippen LogP contribution in [0.2, 0.25) is 0 Å². The molecule has 1 saturated heterocycles. The van der Waals surface area contributed by atoms with Crippen molar-refractivity contribution in [2.24, 2.45) is 0 Å². The molecule has 2 aliphatic rings. The molecule has 220 valence electrons. The Balaban J connectivity index is 1.23. The minimum atomic E-state index is -4.53. The van der Waals surface area contributed by atoms with E-state index in [1.807, 2.05) is 43.5 Å². The molecule has 1 aliphatic carbocycles. The highest BCUT2D eigenvalue weighted by Gasteiger charge is 2.31. The number of piperazine rings is 1. The number of carbonyl (C=O) groups excluding carboxylic acids is 1. The van der Waals surface area contributed by atoms with Gasteiger partial charge in [0.25, 0.3) is 5.91 Å². The normalized spacial score (nSPS) is 15.3. The summed E-state index contributed by atoms with van der Waals surface area (Å²) in [5, 5.41) is 6.11. The molecule has 0 radical (unpaired) electrons. The molecule has 3 heterocycles. The molecule has 0 saturated carbocycles. The smallest absolute Gasteiger partial charge is 0.355 e. The minimum Gasteiger partial charge on any atom is -0.355 e. The molecular formula is C33H31F3N6O. The van der Waals surface area contributed by atoms with Gasteiger partial charge in [0.05, 0.1) is 17.0 Å². The topological polar surface area (TPSA) is 73.4 Å². The highest BCUT2D eigenvalue weighted by atomic mass is 19.4. The molecule has 2 aromatic carbocycles. The average molecular weight is 585 g/mol. The van der Waals surface area contributed by atoms with Crippen LogP contribution in [0.4, 0.5) is 30.2 Å². The van der Waals surface area contributed by atoms with Gasteiger partial charge in [-0.2, -0.15) is 13.2 Å². The summed E-state index contributed by atoms with van der Waals surface area (Å²) in [4.78, 5) is 26.6. The Hall–Kier alpha value is -4.54. The Labute approximate surface area is 248 Å². The first-order chi connectivity index (χ1) is 20.7. The molecule has 4 aromatic rings. The van der Waals surface area contributed by atoms with Crippen LogP contribution in [-0.4, -0.2) is 58.9 Å². The van der Waals surface area contributed by atoms with Gasteiger partial charge in [-0.1, -0.05) is 18.2 Å². The van der Waals surface area contributed by atoms with Crippen molar-refractivity contribution in [2.75, 3.05) is 43.9 Å². The van der Waals surface area contributed by atoms with Crippen molar-refractivity contribution in [3.8, 4) is 11.3 Å². The van der Waals surface area contributed by atoms with Gasteiger partial charge in [0.2, 0.25) is 0 Å². The number of anilines is 3. The van der Waals surface area contributed by atoms with E-state index in [-0.39, 0.29) is 5.69 Å². The maximum atomic E-state index is 13.8. The lowest BCUT2D eigenvalue weighted by atomic mass is 10.1. The Bertz CT molecular complexity index is 1660. The molecule has 0 unspecified atom stereocenters. The summed E-state index contributed by atoms with van der Waals surface area (Å²) in [5.41, 5.74) is 5.24. The van der Waals surface area contributed by atoms with Gasteiger partial charge in [-0.25, -0.2) is 0 Å². The van der Waals surface area contributed by atoms with Crippen LogP contribution in [0, 0.1) is 0 Å². The van der Waals surface area contributed by atoms with Gasteiger partial charge < -0.3 is 15.5 Å². The van der Waals surface area contributed by atoms with Crippen molar-refractivity contribution in [3.05, 3.63) is 107 Å². The molecule has 7 nitrogen and oxygen atoms in total. The van der Waals surface area contributed by atoms with E-state index < -0.39 is 17.6 Å². The second-order valence-electron chi connectivity index (χ2n) is 10.9. The van der Waals surface area contributed by atoms with Crippen molar-refractivity contribution in [3.63, 3.8) is 0 Å². The predicted octanol–water partition coefficient (Wildman–Crippen LogP) is 6.48. The molecule has 10 heteroatoms. The first kappa shape index (κ1) is 28.6.